The number of piperidine rings is 1. The maximum Gasteiger partial charge on any atom is 0.255 e. The van der Waals surface area contributed by atoms with Crippen LogP contribution in [0.25, 0.3) is 0 Å². The lowest BCUT2D eigenvalue weighted by atomic mass is 10.1. The standard InChI is InChI=1S/C22H26N4O4S/c1-16-20(22(27)26-11-9-19(10-12-26)31(28,29)25(2)3)13-18(14-23)21(24-16)30-15-17-7-5-4-6-8-17/h4-8,13,19H,9-12,15H2,1-3H3. The SMILES string of the molecule is Cc1nc(OCc2ccccc2)c(C#N)cc1C(=O)N1CCC(S(=O)(=O)N(C)C)CC1. The molecule has 0 radical (unpaired) electrons. The van der Waals surface area contributed by atoms with Gasteiger partial charge in [0.1, 0.15) is 18.2 Å². The molecule has 1 aliphatic rings. The van der Waals surface area contributed by atoms with Crippen LogP contribution >= 0.6 is 0 Å². The van der Waals surface area contributed by atoms with Gasteiger partial charge >= 0.3 is 0 Å². The highest BCUT2D eigenvalue weighted by Crippen LogP contribution is 2.24. The molecule has 1 aliphatic heterocycles. The molecule has 0 spiro atoms. The van der Waals surface area contributed by atoms with Crippen molar-refractivity contribution >= 4 is 15.9 Å². The molecule has 31 heavy (non-hydrogen) atoms. The van der Waals surface area contributed by atoms with Gasteiger partial charge < -0.3 is 9.64 Å². The number of ether oxygens (including phenoxy) is 1. The van der Waals surface area contributed by atoms with Crippen molar-refractivity contribution in [1.29, 1.82) is 5.26 Å². The second-order valence-corrected chi connectivity index (χ2v) is 10.1. The Morgan fingerprint density at radius 2 is 1.90 bits per heavy atom. The normalized spacial score (nSPS) is 15.0. The number of aryl methyl sites for hydroxylation is 1. The van der Waals surface area contributed by atoms with Gasteiger partial charge in [0.25, 0.3) is 5.91 Å². The number of nitrogens with zero attached hydrogens (tertiary/aromatic N) is 4. The summed E-state index contributed by atoms with van der Waals surface area (Å²) >= 11 is 0. The second-order valence-electron chi connectivity index (χ2n) is 7.68. The van der Waals surface area contributed by atoms with Gasteiger partial charge in [-0.25, -0.2) is 17.7 Å². The zero-order valence-electron chi connectivity index (χ0n) is 17.9. The van der Waals surface area contributed by atoms with E-state index in [2.05, 4.69) is 11.1 Å². The summed E-state index contributed by atoms with van der Waals surface area (Å²) in [5.74, 6) is -0.0620. The Morgan fingerprint density at radius 3 is 2.48 bits per heavy atom. The molecule has 1 aromatic heterocycles. The van der Waals surface area contributed by atoms with Gasteiger partial charge in [-0.2, -0.15) is 5.26 Å². The molecule has 0 N–H and O–H groups in total. The van der Waals surface area contributed by atoms with E-state index in [1.54, 1.807) is 11.8 Å². The molecule has 2 aromatic rings. The Kier molecular flexibility index (Phi) is 6.93. The molecule has 1 fully saturated rings. The summed E-state index contributed by atoms with van der Waals surface area (Å²) in [4.78, 5) is 19.0. The Hall–Kier alpha value is -2.96. The predicted octanol–water partition coefficient (Wildman–Crippen LogP) is 2.34. The van der Waals surface area contributed by atoms with Crippen LogP contribution in [0.2, 0.25) is 0 Å². The van der Waals surface area contributed by atoms with Crippen LogP contribution in [0.1, 0.15) is 40.0 Å². The molecule has 9 heteroatoms. The molecule has 164 valence electrons. The molecule has 0 aliphatic carbocycles. The Morgan fingerprint density at radius 1 is 1.26 bits per heavy atom. The number of aromatic nitrogens is 1. The predicted molar refractivity (Wildman–Crippen MR) is 116 cm³/mol. The lowest BCUT2D eigenvalue weighted by Crippen LogP contribution is -2.45. The third-order valence-corrected chi connectivity index (χ3v) is 7.74. The summed E-state index contributed by atoms with van der Waals surface area (Å²) in [6.07, 6.45) is 0.754. The monoisotopic (exact) mass is 442 g/mol. The van der Waals surface area contributed by atoms with Crippen molar-refractivity contribution in [1.82, 2.24) is 14.2 Å². The number of nitriles is 1. The summed E-state index contributed by atoms with van der Waals surface area (Å²) in [7, 11) is -0.303. The van der Waals surface area contributed by atoms with Gasteiger partial charge in [-0.3, -0.25) is 4.79 Å². The Bertz CT molecular complexity index is 1090. The minimum atomic E-state index is -3.34. The molecular weight excluding hydrogens is 416 g/mol. The third kappa shape index (κ3) is 5.03. The Balaban J connectivity index is 1.73. The first-order valence-electron chi connectivity index (χ1n) is 10.0. The number of sulfonamides is 1. The van der Waals surface area contributed by atoms with Crippen LogP contribution in [0.15, 0.2) is 36.4 Å². The summed E-state index contributed by atoms with van der Waals surface area (Å²) < 4.78 is 31.6. The van der Waals surface area contributed by atoms with Crippen molar-refractivity contribution in [3.63, 3.8) is 0 Å². The molecule has 0 saturated carbocycles. The van der Waals surface area contributed by atoms with Gasteiger partial charge in [0.15, 0.2) is 0 Å². The van der Waals surface area contributed by atoms with Crippen LogP contribution in [0.5, 0.6) is 5.88 Å². The summed E-state index contributed by atoms with van der Waals surface area (Å²) in [6.45, 7) is 2.64. The Labute approximate surface area is 183 Å². The first-order chi connectivity index (χ1) is 14.7. The first kappa shape index (κ1) is 22.7. The van der Waals surface area contributed by atoms with Gasteiger partial charge in [-0.15, -0.1) is 0 Å². The molecule has 1 amide bonds. The highest BCUT2D eigenvalue weighted by Gasteiger charge is 2.33. The lowest BCUT2D eigenvalue weighted by molar-refractivity contribution is 0.0723. The maximum atomic E-state index is 13.0. The van der Waals surface area contributed by atoms with E-state index >= 15 is 0 Å². The van der Waals surface area contributed by atoms with Gasteiger partial charge in [-0.05, 0) is 31.4 Å². The fraction of sp³-hybridized carbons (Fsp3) is 0.409. The molecule has 0 bridgehead atoms. The summed E-state index contributed by atoms with van der Waals surface area (Å²) in [5.41, 5.74) is 1.93. The zero-order chi connectivity index (χ0) is 22.6. The molecule has 8 nitrogen and oxygen atoms in total. The average molecular weight is 443 g/mol. The van der Waals surface area contributed by atoms with Crippen molar-refractivity contribution in [3.05, 3.63) is 58.8 Å². The highest BCUT2D eigenvalue weighted by atomic mass is 32.2. The van der Waals surface area contributed by atoms with Crippen molar-refractivity contribution in [3.8, 4) is 11.9 Å². The van der Waals surface area contributed by atoms with E-state index in [1.807, 2.05) is 30.3 Å². The number of likely N-dealkylation sites (tertiary alicyclic amines) is 1. The van der Waals surface area contributed by atoms with Crippen LogP contribution in [0.4, 0.5) is 0 Å². The largest absolute Gasteiger partial charge is 0.472 e. The molecular formula is C22H26N4O4S. The van der Waals surface area contributed by atoms with Crippen molar-refractivity contribution in [2.75, 3.05) is 27.2 Å². The number of carbonyl (C=O) groups is 1. The van der Waals surface area contributed by atoms with E-state index in [4.69, 9.17) is 4.74 Å². The molecule has 1 aromatic carbocycles. The smallest absolute Gasteiger partial charge is 0.255 e. The second kappa shape index (κ2) is 9.45. The zero-order valence-corrected chi connectivity index (χ0v) is 18.7. The summed E-state index contributed by atoms with van der Waals surface area (Å²) in [6, 6.07) is 13.1. The van der Waals surface area contributed by atoms with E-state index in [-0.39, 0.29) is 24.0 Å². The molecule has 0 unspecified atom stereocenters. The quantitative estimate of drug-likeness (QED) is 0.680. The van der Waals surface area contributed by atoms with Crippen molar-refractivity contribution < 1.29 is 17.9 Å². The molecule has 2 heterocycles. The van der Waals surface area contributed by atoms with Gasteiger partial charge in [0.2, 0.25) is 15.9 Å². The number of hydrogen-bond donors (Lipinski definition) is 0. The third-order valence-electron chi connectivity index (χ3n) is 5.41. The fourth-order valence-corrected chi connectivity index (χ4v) is 4.94. The fourth-order valence-electron chi connectivity index (χ4n) is 3.54. The van der Waals surface area contributed by atoms with E-state index in [9.17, 15) is 18.5 Å². The van der Waals surface area contributed by atoms with E-state index < -0.39 is 15.3 Å². The van der Waals surface area contributed by atoms with Gasteiger partial charge in [0.05, 0.1) is 16.5 Å². The van der Waals surface area contributed by atoms with Crippen LogP contribution in [-0.4, -0.2) is 60.9 Å². The molecule has 0 atom stereocenters. The van der Waals surface area contributed by atoms with Crippen molar-refractivity contribution in [2.45, 2.75) is 31.6 Å². The highest BCUT2D eigenvalue weighted by molar-refractivity contribution is 7.89. The molecule has 1 saturated heterocycles. The minimum absolute atomic E-state index is 0.190. The first-order valence-corrected chi connectivity index (χ1v) is 11.5. The van der Waals surface area contributed by atoms with Gasteiger partial charge in [-0.1, -0.05) is 30.3 Å². The van der Waals surface area contributed by atoms with Crippen LogP contribution < -0.4 is 4.74 Å². The maximum absolute atomic E-state index is 13.0. The number of benzene rings is 1. The van der Waals surface area contributed by atoms with E-state index in [1.165, 1.54) is 24.5 Å². The van der Waals surface area contributed by atoms with Gasteiger partial charge in [0, 0.05) is 27.2 Å². The van der Waals surface area contributed by atoms with Crippen LogP contribution in [0, 0.1) is 18.3 Å². The topological polar surface area (TPSA) is 104 Å². The number of rotatable bonds is 6. The lowest BCUT2D eigenvalue weighted by Gasteiger charge is -2.33. The minimum Gasteiger partial charge on any atom is -0.472 e. The van der Waals surface area contributed by atoms with E-state index in [0.29, 0.717) is 37.2 Å². The molecule has 3 rings (SSSR count). The van der Waals surface area contributed by atoms with Crippen molar-refractivity contribution in [2.24, 2.45) is 0 Å². The number of amides is 1. The number of carbonyl (C=O) groups excluding carboxylic acids is 1. The van der Waals surface area contributed by atoms with Crippen LogP contribution in [-0.2, 0) is 16.6 Å². The number of pyridine rings is 1. The average Bonchev–Trinajstić information content (AvgIpc) is 2.78. The number of hydrogen-bond acceptors (Lipinski definition) is 6. The van der Waals surface area contributed by atoms with E-state index in [0.717, 1.165) is 5.56 Å². The van der Waals surface area contributed by atoms with Crippen LogP contribution in [0.3, 0.4) is 0 Å². The summed E-state index contributed by atoms with van der Waals surface area (Å²) in [5, 5.41) is 9.04.